The molecule has 0 aliphatic heterocycles. The highest BCUT2D eigenvalue weighted by atomic mass is 32.1. The number of benzene rings is 3. The molecular weight excluding hydrogens is 474 g/mol. The van der Waals surface area contributed by atoms with Crippen LogP contribution < -0.4 is 10.4 Å². The Morgan fingerprint density at radius 3 is 2.22 bits per heavy atom. The third kappa shape index (κ3) is 4.32. The standard InChI is InChI=1S/C27H23N5O3S/c1-19-25(26(33)31(29(19)2)22-11-7-4-8-12-22)28-27-30(17-20-9-5-3-6-10-20)24(18-36-27)21-13-15-23(16-14-21)32(34)35/h3-16,18H,17H2,1-2H3. The molecule has 0 fully saturated rings. The fourth-order valence-electron chi connectivity index (χ4n) is 4.10. The van der Waals surface area contributed by atoms with E-state index in [1.807, 2.05) is 89.3 Å². The zero-order valence-corrected chi connectivity index (χ0v) is 20.6. The van der Waals surface area contributed by atoms with E-state index in [1.54, 1.807) is 16.8 Å². The van der Waals surface area contributed by atoms with Crippen LogP contribution in [-0.2, 0) is 13.6 Å². The van der Waals surface area contributed by atoms with Crippen LogP contribution in [0.3, 0.4) is 0 Å². The summed E-state index contributed by atoms with van der Waals surface area (Å²) in [5.41, 5.74) is 4.51. The Hall–Kier alpha value is -4.50. The van der Waals surface area contributed by atoms with Gasteiger partial charge >= 0.3 is 0 Å². The van der Waals surface area contributed by atoms with E-state index in [-0.39, 0.29) is 11.2 Å². The molecule has 0 aliphatic rings. The van der Waals surface area contributed by atoms with Gasteiger partial charge in [-0.15, -0.1) is 11.3 Å². The Labute approximate surface area is 210 Å². The van der Waals surface area contributed by atoms with Crippen molar-refractivity contribution in [2.75, 3.05) is 0 Å². The SMILES string of the molecule is Cc1c(N=c2scc(-c3ccc([N+](=O)[O-])cc3)n2Cc2ccccc2)c(=O)n(-c2ccccc2)n1C. The van der Waals surface area contributed by atoms with Gasteiger partial charge in [-0.3, -0.25) is 19.6 Å². The second-order valence-electron chi connectivity index (χ2n) is 8.30. The van der Waals surface area contributed by atoms with Crippen LogP contribution in [-0.4, -0.2) is 18.9 Å². The number of nitro groups is 1. The quantitative estimate of drug-likeness (QED) is 0.239. The fraction of sp³-hybridized carbons (Fsp3) is 0.111. The first-order valence-corrected chi connectivity index (χ1v) is 12.2. The molecule has 0 spiro atoms. The van der Waals surface area contributed by atoms with Gasteiger partial charge in [0.05, 0.1) is 28.5 Å². The van der Waals surface area contributed by atoms with E-state index < -0.39 is 4.92 Å². The number of hydrogen-bond acceptors (Lipinski definition) is 5. The van der Waals surface area contributed by atoms with Gasteiger partial charge in [0, 0.05) is 24.6 Å². The van der Waals surface area contributed by atoms with Gasteiger partial charge in [0.2, 0.25) is 0 Å². The fourth-order valence-corrected chi connectivity index (χ4v) is 5.02. The topological polar surface area (TPSA) is 87.4 Å². The van der Waals surface area contributed by atoms with Gasteiger partial charge in [0.25, 0.3) is 11.2 Å². The Morgan fingerprint density at radius 1 is 0.944 bits per heavy atom. The van der Waals surface area contributed by atoms with Gasteiger partial charge in [0.15, 0.2) is 10.5 Å². The molecule has 9 heteroatoms. The molecule has 0 N–H and O–H groups in total. The monoisotopic (exact) mass is 497 g/mol. The molecule has 0 saturated carbocycles. The van der Waals surface area contributed by atoms with Crippen LogP contribution in [0.15, 0.2) is 100 Å². The lowest BCUT2D eigenvalue weighted by Gasteiger charge is -2.09. The molecule has 0 amide bonds. The number of para-hydroxylation sites is 1. The summed E-state index contributed by atoms with van der Waals surface area (Å²) in [5, 5.41) is 13.1. The predicted octanol–water partition coefficient (Wildman–Crippen LogP) is 5.20. The van der Waals surface area contributed by atoms with Crippen LogP contribution in [0.4, 0.5) is 11.4 Å². The number of hydrogen-bond donors (Lipinski definition) is 0. The second kappa shape index (κ2) is 9.63. The van der Waals surface area contributed by atoms with Crippen LogP contribution in [0.1, 0.15) is 11.3 Å². The molecule has 2 aromatic heterocycles. The average Bonchev–Trinajstić information content (AvgIpc) is 3.38. The molecule has 36 heavy (non-hydrogen) atoms. The number of nitro benzene ring substituents is 1. The van der Waals surface area contributed by atoms with Crippen LogP contribution >= 0.6 is 11.3 Å². The van der Waals surface area contributed by atoms with Crippen molar-refractivity contribution in [3.63, 3.8) is 0 Å². The molecule has 180 valence electrons. The third-order valence-corrected chi connectivity index (χ3v) is 6.95. The highest BCUT2D eigenvalue weighted by molar-refractivity contribution is 7.07. The maximum atomic E-state index is 13.4. The van der Waals surface area contributed by atoms with Crippen molar-refractivity contribution in [3.05, 3.63) is 127 Å². The zero-order valence-electron chi connectivity index (χ0n) is 19.7. The summed E-state index contributed by atoms with van der Waals surface area (Å²) in [6.45, 7) is 2.42. The Bertz CT molecular complexity index is 1660. The van der Waals surface area contributed by atoms with E-state index in [0.29, 0.717) is 17.0 Å². The van der Waals surface area contributed by atoms with E-state index in [9.17, 15) is 14.9 Å². The Kier molecular flexibility index (Phi) is 6.22. The minimum atomic E-state index is -0.411. The van der Waals surface area contributed by atoms with Crippen molar-refractivity contribution in [2.45, 2.75) is 13.5 Å². The molecular formula is C27H23N5O3S. The van der Waals surface area contributed by atoms with Crippen molar-refractivity contribution < 1.29 is 4.92 Å². The lowest BCUT2D eigenvalue weighted by Crippen LogP contribution is -2.20. The average molecular weight is 498 g/mol. The molecule has 0 atom stereocenters. The van der Waals surface area contributed by atoms with Crippen molar-refractivity contribution in [3.8, 4) is 16.9 Å². The number of non-ortho nitro benzene ring substituents is 1. The van der Waals surface area contributed by atoms with Crippen molar-refractivity contribution in [1.29, 1.82) is 0 Å². The molecule has 0 unspecified atom stereocenters. The van der Waals surface area contributed by atoms with E-state index >= 15 is 0 Å². The maximum Gasteiger partial charge on any atom is 0.297 e. The van der Waals surface area contributed by atoms with Crippen LogP contribution in [0.5, 0.6) is 0 Å². The first-order chi connectivity index (χ1) is 17.4. The third-order valence-electron chi connectivity index (χ3n) is 6.09. The van der Waals surface area contributed by atoms with Crippen molar-refractivity contribution in [2.24, 2.45) is 12.0 Å². The molecule has 0 aliphatic carbocycles. The van der Waals surface area contributed by atoms with Gasteiger partial charge in [-0.2, -0.15) is 0 Å². The molecule has 0 bridgehead atoms. The van der Waals surface area contributed by atoms with Crippen molar-refractivity contribution >= 4 is 22.7 Å². The van der Waals surface area contributed by atoms with Crippen LogP contribution in [0.2, 0.25) is 0 Å². The summed E-state index contributed by atoms with van der Waals surface area (Å²) in [6, 6.07) is 25.9. The summed E-state index contributed by atoms with van der Waals surface area (Å²) < 4.78 is 5.46. The second-order valence-corrected chi connectivity index (χ2v) is 9.14. The summed E-state index contributed by atoms with van der Waals surface area (Å²) in [7, 11) is 1.84. The lowest BCUT2D eigenvalue weighted by molar-refractivity contribution is -0.384. The number of rotatable bonds is 6. The van der Waals surface area contributed by atoms with Gasteiger partial charge < -0.3 is 4.57 Å². The highest BCUT2D eigenvalue weighted by Gasteiger charge is 2.17. The minimum Gasteiger partial charge on any atom is -0.312 e. The number of aromatic nitrogens is 3. The number of nitrogens with zero attached hydrogens (tertiary/aromatic N) is 5. The first-order valence-electron chi connectivity index (χ1n) is 11.3. The number of thiazole rings is 1. The molecule has 2 heterocycles. The summed E-state index contributed by atoms with van der Waals surface area (Å²) >= 11 is 1.43. The molecule has 0 radical (unpaired) electrons. The summed E-state index contributed by atoms with van der Waals surface area (Å²) in [5.74, 6) is 0. The van der Waals surface area contributed by atoms with E-state index in [2.05, 4.69) is 0 Å². The van der Waals surface area contributed by atoms with Crippen molar-refractivity contribution in [1.82, 2.24) is 13.9 Å². The van der Waals surface area contributed by atoms with E-state index in [4.69, 9.17) is 4.99 Å². The normalized spacial score (nSPS) is 11.7. The van der Waals surface area contributed by atoms with Crippen LogP contribution in [0.25, 0.3) is 16.9 Å². The molecule has 3 aromatic carbocycles. The Morgan fingerprint density at radius 2 is 1.58 bits per heavy atom. The minimum absolute atomic E-state index is 0.0369. The molecule has 0 saturated heterocycles. The summed E-state index contributed by atoms with van der Waals surface area (Å²) in [4.78, 5) is 29.7. The molecule has 5 rings (SSSR count). The highest BCUT2D eigenvalue weighted by Crippen LogP contribution is 2.25. The first kappa shape index (κ1) is 23.3. The van der Waals surface area contributed by atoms with Gasteiger partial charge in [-0.25, -0.2) is 9.67 Å². The predicted molar refractivity (Wildman–Crippen MR) is 141 cm³/mol. The zero-order chi connectivity index (χ0) is 25.2. The van der Waals surface area contributed by atoms with Crippen LogP contribution in [0, 0.1) is 17.0 Å². The van der Waals surface area contributed by atoms with E-state index in [0.717, 1.165) is 28.2 Å². The van der Waals surface area contributed by atoms with Gasteiger partial charge in [-0.05, 0) is 42.3 Å². The maximum absolute atomic E-state index is 13.4. The largest absolute Gasteiger partial charge is 0.312 e. The lowest BCUT2D eigenvalue weighted by atomic mass is 10.1. The van der Waals surface area contributed by atoms with Gasteiger partial charge in [-0.1, -0.05) is 48.5 Å². The summed E-state index contributed by atoms with van der Waals surface area (Å²) in [6.07, 6.45) is 0. The van der Waals surface area contributed by atoms with E-state index in [1.165, 1.54) is 23.5 Å². The molecule has 5 aromatic rings. The molecule has 8 nitrogen and oxygen atoms in total. The smallest absolute Gasteiger partial charge is 0.297 e. The van der Waals surface area contributed by atoms with Gasteiger partial charge in [0.1, 0.15) is 0 Å². The Balaban J connectivity index is 1.68.